The fourth-order valence-electron chi connectivity index (χ4n) is 2.74. The number of ether oxygens (including phenoxy) is 1. The zero-order valence-corrected chi connectivity index (χ0v) is 16.1. The number of hydrogen-bond acceptors (Lipinski definition) is 3. The fraction of sp³-hybridized carbons (Fsp3) is 0.190. The smallest absolute Gasteiger partial charge is 0.174 e. The Hall–Kier alpha value is -2.86. The summed E-state index contributed by atoms with van der Waals surface area (Å²) in [5.74, 6) is 1.16. The van der Waals surface area contributed by atoms with E-state index >= 15 is 0 Å². The summed E-state index contributed by atoms with van der Waals surface area (Å²) in [6.07, 6.45) is 1.61. The van der Waals surface area contributed by atoms with Crippen LogP contribution in [0.5, 0.6) is 5.75 Å². The second-order valence-corrected chi connectivity index (χ2v) is 6.55. The Balaban J connectivity index is 1.84. The number of hydrogen-bond donors (Lipinski definition) is 1. The van der Waals surface area contributed by atoms with E-state index in [1.807, 2.05) is 48.2 Å². The van der Waals surface area contributed by atoms with E-state index in [9.17, 15) is 4.39 Å². The van der Waals surface area contributed by atoms with Gasteiger partial charge in [-0.2, -0.15) is 0 Å². The van der Waals surface area contributed by atoms with Crippen LogP contribution < -0.4 is 10.1 Å². The van der Waals surface area contributed by atoms with Crippen molar-refractivity contribution in [2.75, 3.05) is 12.4 Å². The molecule has 0 aliphatic heterocycles. The molecule has 2 aromatic carbocycles. The quantitative estimate of drug-likeness (QED) is 0.596. The van der Waals surface area contributed by atoms with Crippen molar-refractivity contribution in [3.8, 4) is 5.75 Å². The van der Waals surface area contributed by atoms with Crippen molar-refractivity contribution in [1.29, 1.82) is 0 Å². The summed E-state index contributed by atoms with van der Waals surface area (Å²) in [6, 6.07) is 16.2. The van der Waals surface area contributed by atoms with Crippen molar-refractivity contribution in [3.05, 3.63) is 83.6 Å². The number of rotatable bonds is 6. The van der Waals surface area contributed by atoms with E-state index in [2.05, 4.69) is 5.32 Å². The third-order valence-electron chi connectivity index (χ3n) is 4.13. The number of anilines is 1. The van der Waals surface area contributed by atoms with Crippen molar-refractivity contribution in [2.45, 2.75) is 20.0 Å². The molecule has 0 amide bonds. The topological polar surface area (TPSA) is 37.6 Å². The molecule has 0 fully saturated rings. The second kappa shape index (κ2) is 8.68. The summed E-state index contributed by atoms with van der Waals surface area (Å²) >= 11 is 5.62. The van der Waals surface area contributed by atoms with Crippen molar-refractivity contribution in [2.24, 2.45) is 0 Å². The van der Waals surface area contributed by atoms with Gasteiger partial charge < -0.3 is 19.4 Å². The van der Waals surface area contributed by atoms with Gasteiger partial charge in [-0.3, -0.25) is 0 Å². The number of halogens is 1. The minimum Gasteiger partial charge on any atom is -0.495 e. The average molecular weight is 384 g/mol. The van der Waals surface area contributed by atoms with Crippen LogP contribution in [0.2, 0.25) is 0 Å². The summed E-state index contributed by atoms with van der Waals surface area (Å²) in [4.78, 5) is 1.86. The third-order valence-corrected chi connectivity index (χ3v) is 4.49. The highest BCUT2D eigenvalue weighted by atomic mass is 32.1. The molecular weight excluding hydrogens is 363 g/mol. The molecule has 1 aromatic heterocycles. The van der Waals surface area contributed by atoms with Gasteiger partial charge in [-0.1, -0.05) is 24.3 Å². The molecule has 1 N–H and O–H groups in total. The molecule has 3 rings (SSSR count). The van der Waals surface area contributed by atoms with E-state index in [0.29, 0.717) is 29.5 Å². The zero-order chi connectivity index (χ0) is 19.2. The molecule has 140 valence electrons. The first-order valence-corrected chi connectivity index (χ1v) is 8.94. The molecule has 0 radical (unpaired) electrons. The Morgan fingerprint density at radius 2 is 1.96 bits per heavy atom. The molecular formula is C21H21FN2O2S. The first-order chi connectivity index (χ1) is 13.1. The fourth-order valence-corrected chi connectivity index (χ4v) is 2.98. The molecule has 27 heavy (non-hydrogen) atoms. The van der Waals surface area contributed by atoms with Crippen LogP contribution in [0.4, 0.5) is 10.1 Å². The van der Waals surface area contributed by atoms with E-state index in [1.54, 1.807) is 25.5 Å². The van der Waals surface area contributed by atoms with Crippen LogP contribution >= 0.6 is 12.2 Å². The second-order valence-electron chi connectivity index (χ2n) is 6.16. The maximum atomic E-state index is 14.2. The number of furan rings is 1. The van der Waals surface area contributed by atoms with Crippen LogP contribution in [0, 0.1) is 12.7 Å². The highest BCUT2D eigenvalue weighted by Gasteiger charge is 2.16. The molecule has 0 atom stereocenters. The molecule has 0 spiro atoms. The van der Waals surface area contributed by atoms with Gasteiger partial charge in [0.15, 0.2) is 5.11 Å². The molecule has 1 heterocycles. The number of nitrogens with one attached hydrogen (secondary N) is 1. The highest BCUT2D eigenvalue weighted by Crippen LogP contribution is 2.26. The standard InChI is InChI=1S/C21H21FN2O2S/c1-15-9-10-20(25-2)19(12-15)23-21(27)24(14-17-7-5-11-26-17)13-16-6-3-4-8-18(16)22/h3-12H,13-14H2,1-2H3,(H,23,27). The number of benzene rings is 2. The van der Waals surface area contributed by atoms with E-state index in [0.717, 1.165) is 17.0 Å². The van der Waals surface area contributed by atoms with Gasteiger partial charge in [0, 0.05) is 12.1 Å². The summed E-state index contributed by atoms with van der Waals surface area (Å²) < 4.78 is 25.0. The minimum absolute atomic E-state index is 0.266. The van der Waals surface area contributed by atoms with E-state index in [-0.39, 0.29) is 5.82 Å². The van der Waals surface area contributed by atoms with Crippen LogP contribution in [0.1, 0.15) is 16.9 Å². The Morgan fingerprint density at radius 1 is 1.15 bits per heavy atom. The Morgan fingerprint density at radius 3 is 2.67 bits per heavy atom. The molecule has 4 nitrogen and oxygen atoms in total. The summed E-state index contributed by atoms with van der Waals surface area (Å²) in [7, 11) is 1.61. The monoisotopic (exact) mass is 384 g/mol. The van der Waals surface area contributed by atoms with E-state index < -0.39 is 0 Å². The average Bonchev–Trinajstić information content (AvgIpc) is 3.16. The number of aryl methyl sites for hydroxylation is 1. The first kappa shape index (κ1) is 18.9. The Kier molecular flexibility index (Phi) is 6.08. The molecule has 0 bridgehead atoms. The summed E-state index contributed by atoms with van der Waals surface area (Å²) in [5, 5.41) is 3.68. The Labute approximate surface area is 163 Å². The lowest BCUT2D eigenvalue weighted by Crippen LogP contribution is -2.34. The molecule has 0 saturated heterocycles. The van der Waals surface area contributed by atoms with Gasteiger partial charge in [0.05, 0.1) is 25.6 Å². The van der Waals surface area contributed by atoms with Gasteiger partial charge in [-0.25, -0.2) is 4.39 Å². The van der Waals surface area contributed by atoms with Gasteiger partial charge in [0.25, 0.3) is 0 Å². The molecule has 0 unspecified atom stereocenters. The lowest BCUT2D eigenvalue weighted by molar-refractivity contribution is 0.355. The Bertz CT molecular complexity index is 912. The predicted octanol–water partition coefficient (Wildman–Crippen LogP) is 5.13. The van der Waals surface area contributed by atoms with Crippen molar-refractivity contribution in [3.63, 3.8) is 0 Å². The van der Waals surface area contributed by atoms with Crippen LogP contribution in [0.25, 0.3) is 0 Å². The largest absolute Gasteiger partial charge is 0.495 e. The molecule has 0 aliphatic carbocycles. The van der Waals surface area contributed by atoms with Crippen LogP contribution in [0.15, 0.2) is 65.3 Å². The lowest BCUT2D eigenvalue weighted by Gasteiger charge is -2.26. The lowest BCUT2D eigenvalue weighted by atomic mass is 10.2. The number of methoxy groups -OCH3 is 1. The third kappa shape index (κ3) is 4.86. The normalized spacial score (nSPS) is 10.5. The van der Waals surface area contributed by atoms with Gasteiger partial charge >= 0.3 is 0 Å². The highest BCUT2D eigenvalue weighted by molar-refractivity contribution is 7.80. The summed E-state index contributed by atoms with van der Waals surface area (Å²) in [5.41, 5.74) is 2.40. The van der Waals surface area contributed by atoms with Gasteiger partial charge in [-0.05, 0) is 55.0 Å². The van der Waals surface area contributed by atoms with Gasteiger partial charge in [-0.15, -0.1) is 0 Å². The maximum Gasteiger partial charge on any atom is 0.174 e. The van der Waals surface area contributed by atoms with Crippen molar-refractivity contribution >= 4 is 23.0 Å². The van der Waals surface area contributed by atoms with Crippen molar-refractivity contribution in [1.82, 2.24) is 4.90 Å². The maximum absolute atomic E-state index is 14.2. The minimum atomic E-state index is -0.266. The van der Waals surface area contributed by atoms with Crippen LogP contribution in [-0.2, 0) is 13.1 Å². The summed E-state index contributed by atoms with van der Waals surface area (Å²) in [6.45, 7) is 2.72. The van der Waals surface area contributed by atoms with Crippen molar-refractivity contribution < 1.29 is 13.5 Å². The molecule has 3 aromatic rings. The number of nitrogens with zero attached hydrogens (tertiary/aromatic N) is 1. The molecule has 0 saturated carbocycles. The SMILES string of the molecule is COc1ccc(C)cc1NC(=S)N(Cc1ccco1)Cc1ccccc1F. The first-order valence-electron chi connectivity index (χ1n) is 8.53. The van der Waals surface area contributed by atoms with Gasteiger partial charge in [0.1, 0.15) is 17.3 Å². The van der Waals surface area contributed by atoms with E-state index in [1.165, 1.54) is 6.07 Å². The molecule has 6 heteroatoms. The van der Waals surface area contributed by atoms with Crippen LogP contribution in [0.3, 0.4) is 0 Å². The predicted molar refractivity (Wildman–Crippen MR) is 108 cm³/mol. The molecule has 0 aliphatic rings. The van der Waals surface area contributed by atoms with Gasteiger partial charge in [0.2, 0.25) is 0 Å². The zero-order valence-electron chi connectivity index (χ0n) is 15.2. The number of thiocarbonyl (C=S) groups is 1. The van der Waals surface area contributed by atoms with Crippen LogP contribution in [-0.4, -0.2) is 17.1 Å². The van der Waals surface area contributed by atoms with E-state index in [4.69, 9.17) is 21.4 Å².